The number of rotatable bonds is 8. The van der Waals surface area contributed by atoms with Gasteiger partial charge in [0.05, 0.1) is 17.7 Å². The predicted molar refractivity (Wildman–Crippen MR) is 84.8 cm³/mol. The maximum absolute atomic E-state index is 11.5. The summed E-state index contributed by atoms with van der Waals surface area (Å²) in [6, 6.07) is 3.82. The number of carbonyl (C=O) groups is 1. The second-order valence-corrected chi connectivity index (χ2v) is 5.57. The lowest BCUT2D eigenvalue weighted by molar-refractivity contribution is -0.149. The van der Waals surface area contributed by atoms with Crippen LogP contribution in [0.1, 0.15) is 26.3 Å². The molecule has 0 aliphatic rings. The fraction of sp³-hybridized carbons (Fsp3) is 0.533. The number of ether oxygens (including phenoxy) is 3. The Kier molecular flexibility index (Phi) is 7.53. The molecule has 0 bridgehead atoms. The molecule has 0 aromatic heterocycles. The van der Waals surface area contributed by atoms with Crippen LogP contribution in [-0.2, 0) is 16.1 Å². The molecule has 1 aromatic carbocycles. The summed E-state index contributed by atoms with van der Waals surface area (Å²) in [6.45, 7) is 7.11. The average Bonchev–Trinajstić information content (AvgIpc) is 2.42. The number of esters is 1. The molecular formula is C15H22BrNO4. The number of hydrogen-bond acceptors (Lipinski definition) is 5. The minimum absolute atomic E-state index is 0.153. The Morgan fingerprint density at radius 3 is 2.67 bits per heavy atom. The third-order valence-electron chi connectivity index (χ3n) is 2.57. The molecule has 0 amide bonds. The molecule has 0 heterocycles. The van der Waals surface area contributed by atoms with Crippen molar-refractivity contribution in [3.05, 3.63) is 22.2 Å². The first-order chi connectivity index (χ1) is 9.97. The van der Waals surface area contributed by atoms with Gasteiger partial charge in [-0.15, -0.1) is 0 Å². The fourth-order valence-corrected chi connectivity index (χ4v) is 2.32. The van der Waals surface area contributed by atoms with Gasteiger partial charge in [0.25, 0.3) is 0 Å². The molecule has 1 N–H and O–H groups in total. The molecule has 5 nitrogen and oxygen atoms in total. The standard InChI is InChI=1S/C15H22BrNO4/c1-5-17-8-11-6-12(16)15(13(7-11)19-4)20-9-14(18)21-10(2)3/h6-7,10,17H,5,8-9H2,1-4H3. The Hall–Kier alpha value is -1.27. The smallest absolute Gasteiger partial charge is 0.344 e. The summed E-state index contributed by atoms with van der Waals surface area (Å²) in [4.78, 5) is 11.5. The van der Waals surface area contributed by atoms with Crippen molar-refractivity contribution in [2.45, 2.75) is 33.4 Å². The van der Waals surface area contributed by atoms with Gasteiger partial charge in [0.1, 0.15) is 0 Å². The van der Waals surface area contributed by atoms with Gasteiger partial charge in [-0.1, -0.05) is 6.92 Å². The summed E-state index contributed by atoms with van der Waals surface area (Å²) in [5.41, 5.74) is 1.07. The van der Waals surface area contributed by atoms with Crippen molar-refractivity contribution in [1.82, 2.24) is 5.32 Å². The molecule has 0 aliphatic carbocycles. The van der Waals surface area contributed by atoms with Gasteiger partial charge in [-0.05, 0) is 54.0 Å². The lowest BCUT2D eigenvalue weighted by atomic mass is 10.2. The monoisotopic (exact) mass is 359 g/mol. The highest BCUT2D eigenvalue weighted by molar-refractivity contribution is 9.10. The van der Waals surface area contributed by atoms with Gasteiger partial charge in [-0.3, -0.25) is 0 Å². The normalized spacial score (nSPS) is 10.6. The first-order valence-corrected chi connectivity index (χ1v) is 7.66. The number of carbonyl (C=O) groups excluding carboxylic acids is 1. The molecule has 0 saturated heterocycles. The van der Waals surface area contributed by atoms with Crippen LogP contribution in [0.25, 0.3) is 0 Å². The summed E-state index contributed by atoms with van der Waals surface area (Å²) < 4.78 is 16.6. The zero-order valence-electron chi connectivity index (χ0n) is 12.9. The first-order valence-electron chi connectivity index (χ1n) is 6.87. The number of hydrogen-bond donors (Lipinski definition) is 1. The molecule has 118 valence electrons. The molecule has 0 saturated carbocycles. The molecule has 0 aliphatic heterocycles. The Bertz CT molecular complexity index is 477. The number of benzene rings is 1. The van der Waals surface area contributed by atoms with E-state index < -0.39 is 5.97 Å². The number of halogens is 1. The van der Waals surface area contributed by atoms with Gasteiger partial charge in [0, 0.05) is 6.54 Å². The third-order valence-corrected chi connectivity index (χ3v) is 3.16. The topological polar surface area (TPSA) is 56.8 Å². The summed E-state index contributed by atoms with van der Waals surface area (Å²) in [5, 5.41) is 3.24. The molecule has 1 rings (SSSR count). The molecule has 1 aromatic rings. The molecule has 0 atom stereocenters. The van der Waals surface area contributed by atoms with E-state index in [2.05, 4.69) is 21.2 Å². The number of nitrogens with one attached hydrogen (secondary N) is 1. The van der Waals surface area contributed by atoms with Crippen molar-refractivity contribution in [3.8, 4) is 11.5 Å². The molecule has 0 spiro atoms. The van der Waals surface area contributed by atoms with Crippen LogP contribution >= 0.6 is 15.9 Å². The van der Waals surface area contributed by atoms with Crippen molar-refractivity contribution in [1.29, 1.82) is 0 Å². The number of methoxy groups -OCH3 is 1. The van der Waals surface area contributed by atoms with E-state index >= 15 is 0 Å². The van der Waals surface area contributed by atoms with Crippen molar-refractivity contribution in [2.24, 2.45) is 0 Å². The van der Waals surface area contributed by atoms with Crippen LogP contribution in [0.2, 0.25) is 0 Å². The maximum atomic E-state index is 11.5. The Balaban J connectivity index is 2.79. The molecule has 21 heavy (non-hydrogen) atoms. The zero-order valence-corrected chi connectivity index (χ0v) is 14.5. The highest BCUT2D eigenvalue weighted by Gasteiger charge is 2.14. The van der Waals surface area contributed by atoms with E-state index in [4.69, 9.17) is 14.2 Å². The van der Waals surface area contributed by atoms with Crippen LogP contribution in [0.3, 0.4) is 0 Å². The van der Waals surface area contributed by atoms with Crippen molar-refractivity contribution >= 4 is 21.9 Å². The van der Waals surface area contributed by atoms with Crippen LogP contribution in [-0.4, -0.2) is 32.3 Å². The van der Waals surface area contributed by atoms with Crippen LogP contribution in [0, 0.1) is 0 Å². The minimum atomic E-state index is -0.407. The fourth-order valence-electron chi connectivity index (χ4n) is 1.71. The van der Waals surface area contributed by atoms with E-state index in [1.165, 1.54) is 0 Å². The van der Waals surface area contributed by atoms with Crippen LogP contribution in [0.5, 0.6) is 11.5 Å². The van der Waals surface area contributed by atoms with Crippen LogP contribution in [0.15, 0.2) is 16.6 Å². The minimum Gasteiger partial charge on any atom is -0.493 e. The lowest BCUT2D eigenvalue weighted by Gasteiger charge is -2.15. The summed E-state index contributed by atoms with van der Waals surface area (Å²) in [7, 11) is 1.57. The zero-order chi connectivity index (χ0) is 15.8. The maximum Gasteiger partial charge on any atom is 0.344 e. The molecule has 0 radical (unpaired) electrons. The van der Waals surface area contributed by atoms with E-state index in [9.17, 15) is 4.79 Å². The summed E-state index contributed by atoms with van der Waals surface area (Å²) in [6.07, 6.45) is -0.158. The summed E-state index contributed by atoms with van der Waals surface area (Å²) >= 11 is 3.45. The first kappa shape index (κ1) is 17.8. The summed E-state index contributed by atoms with van der Waals surface area (Å²) in [5.74, 6) is 0.670. The highest BCUT2D eigenvalue weighted by Crippen LogP contribution is 2.36. The van der Waals surface area contributed by atoms with Gasteiger partial charge < -0.3 is 19.5 Å². The van der Waals surface area contributed by atoms with Crippen molar-refractivity contribution < 1.29 is 19.0 Å². The Morgan fingerprint density at radius 2 is 2.10 bits per heavy atom. The van der Waals surface area contributed by atoms with E-state index in [1.54, 1.807) is 21.0 Å². The molecule has 6 heteroatoms. The van der Waals surface area contributed by atoms with E-state index in [0.29, 0.717) is 11.5 Å². The van der Waals surface area contributed by atoms with Gasteiger partial charge in [-0.25, -0.2) is 4.79 Å². The third kappa shape index (κ3) is 5.93. The van der Waals surface area contributed by atoms with Gasteiger partial charge >= 0.3 is 5.97 Å². The van der Waals surface area contributed by atoms with Crippen molar-refractivity contribution in [2.75, 3.05) is 20.3 Å². The predicted octanol–water partition coefficient (Wildman–Crippen LogP) is 2.90. The lowest BCUT2D eigenvalue weighted by Crippen LogP contribution is -2.19. The van der Waals surface area contributed by atoms with Gasteiger partial charge in [-0.2, -0.15) is 0 Å². The second-order valence-electron chi connectivity index (χ2n) is 4.72. The molecule has 0 unspecified atom stereocenters. The Labute approximate surface area is 134 Å². The molecule has 0 fully saturated rings. The van der Waals surface area contributed by atoms with Crippen LogP contribution < -0.4 is 14.8 Å². The van der Waals surface area contributed by atoms with E-state index in [-0.39, 0.29) is 12.7 Å². The van der Waals surface area contributed by atoms with E-state index in [0.717, 1.165) is 23.1 Å². The highest BCUT2D eigenvalue weighted by atomic mass is 79.9. The average molecular weight is 360 g/mol. The van der Waals surface area contributed by atoms with Gasteiger partial charge in [0.2, 0.25) is 0 Å². The SMILES string of the molecule is CCNCc1cc(Br)c(OCC(=O)OC(C)C)c(OC)c1. The molecular weight excluding hydrogens is 338 g/mol. The van der Waals surface area contributed by atoms with E-state index in [1.807, 2.05) is 19.1 Å². The van der Waals surface area contributed by atoms with Crippen LogP contribution in [0.4, 0.5) is 0 Å². The largest absolute Gasteiger partial charge is 0.493 e. The van der Waals surface area contributed by atoms with Crippen molar-refractivity contribution in [3.63, 3.8) is 0 Å². The quantitative estimate of drug-likeness (QED) is 0.723. The Morgan fingerprint density at radius 1 is 1.38 bits per heavy atom. The van der Waals surface area contributed by atoms with Gasteiger partial charge in [0.15, 0.2) is 18.1 Å². The second kappa shape index (κ2) is 8.89.